The Bertz CT molecular complexity index is 2020. The summed E-state index contributed by atoms with van der Waals surface area (Å²) in [4.78, 5) is 28.4. The molecule has 4 aromatic rings. The number of hydrogen-bond donors (Lipinski definition) is 2. The van der Waals surface area contributed by atoms with Crippen molar-refractivity contribution in [3.63, 3.8) is 0 Å². The number of aromatic hydroxyl groups is 1. The maximum atomic E-state index is 17.5. The molecule has 9 nitrogen and oxygen atoms in total. The average molecular weight is 641 g/mol. The van der Waals surface area contributed by atoms with Gasteiger partial charge in [0.25, 0.3) is 5.56 Å². The van der Waals surface area contributed by atoms with Crippen molar-refractivity contribution in [3.05, 3.63) is 51.8 Å². The molecule has 2 saturated heterocycles. The van der Waals surface area contributed by atoms with Gasteiger partial charge in [0.05, 0.1) is 17.9 Å². The highest BCUT2D eigenvalue weighted by Crippen LogP contribution is 2.47. The first-order valence-corrected chi connectivity index (χ1v) is 16.5. The molecule has 0 radical (unpaired) electrons. The van der Waals surface area contributed by atoms with E-state index in [0.717, 1.165) is 38.6 Å². The van der Waals surface area contributed by atoms with Crippen LogP contribution >= 0.6 is 0 Å². The number of nitrogens with zero attached hydrogens (tertiary/aromatic N) is 5. The molecule has 4 aliphatic rings. The molecule has 2 N–H and O–H groups in total. The van der Waals surface area contributed by atoms with Gasteiger partial charge in [-0.2, -0.15) is 9.97 Å². The summed E-state index contributed by atoms with van der Waals surface area (Å²) in [7, 11) is 4.05. The van der Waals surface area contributed by atoms with E-state index in [4.69, 9.17) is 16.1 Å². The fourth-order valence-corrected chi connectivity index (χ4v) is 7.90. The smallest absolute Gasteiger partial charge is 0.319 e. The molecular weight excluding hydrogens is 602 g/mol. The standard InChI is InChI=1S/C36H38F2N6O3/c1-4-25-27(37)11-8-20-14-24(45)15-26(28(20)25)32-30(38)31-29(34(46)44(32)23-6-5-7-23)33(43-16-21-9-10-22(17-43)39-21)41-35(40-31)47-19-36(12-13-36)18-42(2)3/h1,8,11,14-15,21-23,39,45H,5-7,9-10,12-13,16-19H2,2-3H3. The third kappa shape index (κ3) is 5.09. The van der Waals surface area contributed by atoms with Crippen LogP contribution in [0.1, 0.15) is 56.6 Å². The quantitative estimate of drug-likeness (QED) is 0.261. The number of benzene rings is 2. The van der Waals surface area contributed by atoms with Gasteiger partial charge in [-0.15, -0.1) is 6.42 Å². The molecule has 2 aliphatic heterocycles. The molecule has 4 fully saturated rings. The molecule has 4 heterocycles. The van der Waals surface area contributed by atoms with Crippen molar-refractivity contribution in [2.24, 2.45) is 5.41 Å². The zero-order chi connectivity index (χ0) is 32.6. The van der Waals surface area contributed by atoms with Crippen molar-refractivity contribution >= 4 is 27.5 Å². The van der Waals surface area contributed by atoms with E-state index in [0.29, 0.717) is 43.7 Å². The Hall–Kier alpha value is -4.27. The topological polar surface area (TPSA) is 95.8 Å². The first-order chi connectivity index (χ1) is 22.6. The minimum atomic E-state index is -0.758. The first kappa shape index (κ1) is 30.1. The highest BCUT2D eigenvalue weighted by atomic mass is 19.1. The normalized spacial score (nSPS) is 21.7. The maximum absolute atomic E-state index is 17.5. The van der Waals surface area contributed by atoms with Gasteiger partial charge < -0.3 is 29.5 Å². The summed E-state index contributed by atoms with van der Waals surface area (Å²) in [5.41, 5.74) is -0.596. The number of halogens is 2. The van der Waals surface area contributed by atoms with Gasteiger partial charge >= 0.3 is 6.01 Å². The lowest BCUT2D eigenvalue weighted by atomic mass is 9.90. The van der Waals surface area contributed by atoms with E-state index >= 15 is 8.78 Å². The SMILES string of the molecule is C#Cc1c(F)ccc2cc(O)cc(-c3c(F)c4nc(OCC5(CN(C)C)CC5)nc(N5CC6CCC(C5)N6)c4c(=O)n3C3CCC3)c12. The van der Waals surface area contributed by atoms with Gasteiger partial charge in [-0.05, 0) is 82.6 Å². The van der Waals surface area contributed by atoms with E-state index in [9.17, 15) is 9.90 Å². The van der Waals surface area contributed by atoms with E-state index < -0.39 is 17.2 Å². The molecule has 2 aromatic carbocycles. The molecule has 2 saturated carbocycles. The van der Waals surface area contributed by atoms with Crippen molar-refractivity contribution in [1.29, 1.82) is 0 Å². The largest absolute Gasteiger partial charge is 0.508 e. The number of rotatable bonds is 8. The lowest BCUT2D eigenvalue weighted by molar-refractivity contribution is 0.183. The number of piperazine rings is 1. The van der Waals surface area contributed by atoms with Gasteiger partial charge in [0.1, 0.15) is 28.3 Å². The molecule has 2 atom stereocenters. The number of phenolic OH excluding ortho intramolecular Hbond substituents is 1. The Morgan fingerprint density at radius 1 is 1.11 bits per heavy atom. The molecule has 2 unspecified atom stereocenters. The Morgan fingerprint density at radius 2 is 1.85 bits per heavy atom. The minimum absolute atomic E-state index is 0.0187. The molecule has 0 spiro atoms. The highest BCUT2D eigenvalue weighted by molar-refractivity contribution is 6.03. The van der Waals surface area contributed by atoms with Crippen molar-refractivity contribution in [2.45, 2.75) is 63.1 Å². The number of fused-ring (bicyclic) bond motifs is 4. The molecule has 2 bridgehead atoms. The number of aromatic nitrogens is 3. The van der Waals surface area contributed by atoms with Gasteiger partial charge in [0.2, 0.25) is 0 Å². The lowest BCUT2D eigenvalue weighted by Crippen LogP contribution is -2.51. The average Bonchev–Trinajstić information content (AvgIpc) is 3.70. The van der Waals surface area contributed by atoms with Crippen molar-refractivity contribution < 1.29 is 18.6 Å². The number of pyridine rings is 1. The Balaban J connectivity index is 1.39. The fraction of sp³-hybridized carbons (Fsp3) is 0.472. The molecule has 244 valence electrons. The Labute approximate surface area is 271 Å². The van der Waals surface area contributed by atoms with Crippen molar-refractivity contribution in [1.82, 2.24) is 24.8 Å². The summed E-state index contributed by atoms with van der Waals surface area (Å²) in [6, 6.07) is 5.74. The Morgan fingerprint density at radius 3 is 2.49 bits per heavy atom. The van der Waals surface area contributed by atoms with Crippen LogP contribution in [-0.4, -0.2) is 77.0 Å². The third-order valence-corrected chi connectivity index (χ3v) is 10.5. The molecule has 11 heteroatoms. The van der Waals surface area contributed by atoms with Crippen LogP contribution in [-0.2, 0) is 0 Å². The predicted molar refractivity (Wildman–Crippen MR) is 177 cm³/mol. The van der Waals surface area contributed by atoms with Gasteiger partial charge in [-0.1, -0.05) is 12.0 Å². The molecule has 47 heavy (non-hydrogen) atoms. The molecular formula is C36H38F2N6O3. The highest BCUT2D eigenvalue weighted by Gasteiger charge is 2.44. The maximum Gasteiger partial charge on any atom is 0.319 e. The van der Waals surface area contributed by atoms with E-state index in [1.165, 1.54) is 28.8 Å². The van der Waals surface area contributed by atoms with Crippen LogP contribution in [0, 0.1) is 29.4 Å². The number of hydrogen-bond acceptors (Lipinski definition) is 8. The zero-order valence-corrected chi connectivity index (χ0v) is 26.7. The van der Waals surface area contributed by atoms with E-state index in [2.05, 4.69) is 26.0 Å². The second kappa shape index (κ2) is 11.2. The summed E-state index contributed by atoms with van der Waals surface area (Å²) < 4.78 is 40.3. The number of ether oxygens (including phenoxy) is 1. The fourth-order valence-electron chi connectivity index (χ4n) is 7.90. The van der Waals surface area contributed by atoms with Crippen LogP contribution in [0.5, 0.6) is 11.8 Å². The van der Waals surface area contributed by atoms with Crippen LogP contribution in [0.4, 0.5) is 14.6 Å². The van der Waals surface area contributed by atoms with Crippen molar-refractivity contribution in [2.75, 3.05) is 45.2 Å². The summed E-state index contributed by atoms with van der Waals surface area (Å²) in [6.45, 7) is 2.47. The molecule has 2 aromatic heterocycles. The predicted octanol–water partition coefficient (Wildman–Crippen LogP) is 4.96. The van der Waals surface area contributed by atoms with Gasteiger partial charge in [0.15, 0.2) is 5.82 Å². The van der Waals surface area contributed by atoms with Crippen molar-refractivity contribution in [3.8, 4) is 35.4 Å². The van der Waals surface area contributed by atoms with Gasteiger partial charge in [-0.3, -0.25) is 4.79 Å². The van der Waals surface area contributed by atoms with Crippen LogP contribution in [0.25, 0.3) is 32.9 Å². The Kier molecular flexibility index (Phi) is 7.15. The number of terminal acetylenes is 1. The monoisotopic (exact) mass is 640 g/mol. The van der Waals surface area contributed by atoms with Crippen LogP contribution in [0.15, 0.2) is 29.1 Å². The second-order valence-electron chi connectivity index (χ2n) is 14.2. The second-order valence-corrected chi connectivity index (χ2v) is 14.2. The number of phenols is 1. The lowest BCUT2D eigenvalue weighted by Gasteiger charge is -2.35. The van der Waals surface area contributed by atoms with Crippen LogP contribution in [0.2, 0.25) is 0 Å². The molecule has 2 aliphatic carbocycles. The first-order valence-electron chi connectivity index (χ1n) is 16.5. The molecule has 0 amide bonds. The van der Waals surface area contributed by atoms with Crippen LogP contribution < -0.4 is 20.5 Å². The van der Waals surface area contributed by atoms with E-state index in [1.807, 2.05) is 14.1 Å². The summed E-state index contributed by atoms with van der Waals surface area (Å²) >= 11 is 0. The number of anilines is 1. The van der Waals surface area contributed by atoms with E-state index in [1.54, 1.807) is 0 Å². The summed E-state index contributed by atoms with van der Waals surface area (Å²) in [5, 5.41) is 15.2. The van der Waals surface area contributed by atoms with Crippen LogP contribution in [0.3, 0.4) is 0 Å². The number of nitrogens with one attached hydrogen (secondary N) is 1. The summed E-state index contributed by atoms with van der Waals surface area (Å²) in [5.74, 6) is 1.22. The van der Waals surface area contributed by atoms with Gasteiger partial charge in [-0.25, -0.2) is 8.78 Å². The summed E-state index contributed by atoms with van der Waals surface area (Å²) in [6.07, 6.45) is 12.1. The third-order valence-electron chi connectivity index (χ3n) is 10.5. The minimum Gasteiger partial charge on any atom is -0.508 e. The molecule has 8 rings (SSSR count). The van der Waals surface area contributed by atoms with Gasteiger partial charge in [0, 0.05) is 54.1 Å². The van der Waals surface area contributed by atoms with E-state index in [-0.39, 0.29) is 68.4 Å². The zero-order valence-electron chi connectivity index (χ0n) is 26.7.